The van der Waals surface area contributed by atoms with Crippen molar-refractivity contribution < 1.29 is 4.79 Å². The molecule has 1 aromatic carbocycles. The molecule has 0 aliphatic carbocycles. The van der Waals surface area contributed by atoms with Crippen molar-refractivity contribution in [2.24, 2.45) is 5.73 Å². The fourth-order valence-corrected chi connectivity index (χ4v) is 2.85. The Morgan fingerprint density at radius 2 is 2.30 bits per heavy atom. The molecule has 0 radical (unpaired) electrons. The van der Waals surface area contributed by atoms with Crippen molar-refractivity contribution in [3.8, 4) is 0 Å². The van der Waals surface area contributed by atoms with E-state index in [1.54, 1.807) is 0 Å². The Kier molecular flexibility index (Phi) is 5.02. The molecule has 1 heterocycles. The first-order valence-electron chi connectivity index (χ1n) is 7.00. The molecule has 5 heteroatoms. The van der Waals surface area contributed by atoms with E-state index in [2.05, 4.69) is 10.2 Å². The third-order valence-corrected chi connectivity index (χ3v) is 3.68. The van der Waals surface area contributed by atoms with Crippen LogP contribution in [0.4, 0.5) is 0 Å². The van der Waals surface area contributed by atoms with E-state index in [-0.39, 0.29) is 24.0 Å². The Morgan fingerprint density at radius 3 is 2.95 bits per heavy atom. The van der Waals surface area contributed by atoms with E-state index in [1.807, 2.05) is 38.1 Å². The third kappa shape index (κ3) is 3.95. The van der Waals surface area contributed by atoms with Crippen molar-refractivity contribution in [1.29, 1.82) is 0 Å². The van der Waals surface area contributed by atoms with E-state index in [0.717, 1.165) is 12.1 Å². The summed E-state index contributed by atoms with van der Waals surface area (Å²) >= 11 is 6.00. The third-order valence-electron chi connectivity index (χ3n) is 3.44. The highest BCUT2D eigenvalue weighted by Crippen LogP contribution is 2.21. The first-order chi connectivity index (χ1) is 9.45. The van der Waals surface area contributed by atoms with Gasteiger partial charge in [-0.3, -0.25) is 9.69 Å². The van der Waals surface area contributed by atoms with Crippen LogP contribution >= 0.6 is 11.6 Å². The van der Waals surface area contributed by atoms with Crippen molar-refractivity contribution >= 4 is 17.5 Å². The fraction of sp³-hybridized carbons (Fsp3) is 0.533. The summed E-state index contributed by atoms with van der Waals surface area (Å²) in [5.41, 5.74) is 7.13. The molecule has 1 aliphatic heterocycles. The van der Waals surface area contributed by atoms with Crippen molar-refractivity contribution in [1.82, 2.24) is 10.2 Å². The Hall–Kier alpha value is -1.10. The zero-order chi connectivity index (χ0) is 14.7. The SMILES string of the molecule is CC(C)NC(=O)[C@@H]1C[C@@H](N)CN1Cc1cccc(Cl)c1. The minimum absolute atomic E-state index is 0.0529. The largest absolute Gasteiger partial charge is 0.353 e. The summed E-state index contributed by atoms with van der Waals surface area (Å²) in [5.74, 6) is 0.0648. The molecule has 1 aromatic rings. The predicted molar refractivity (Wildman–Crippen MR) is 81.5 cm³/mol. The second-order valence-corrected chi connectivity index (χ2v) is 6.17. The zero-order valence-corrected chi connectivity index (χ0v) is 12.7. The first kappa shape index (κ1) is 15.3. The number of halogens is 1. The van der Waals surface area contributed by atoms with E-state index in [0.29, 0.717) is 18.0 Å². The predicted octanol–water partition coefficient (Wildman–Crippen LogP) is 1.77. The van der Waals surface area contributed by atoms with Gasteiger partial charge < -0.3 is 11.1 Å². The van der Waals surface area contributed by atoms with E-state index in [9.17, 15) is 4.79 Å². The maximum Gasteiger partial charge on any atom is 0.237 e. The normalized spacial score (nSPS) is 23.2. The molecular weight excluding hydrogens is 274 g/mol. The number of amides is 1. The van der Waals surface area contributed by atoms with Gasteiger partial charge in [0.25, 0.3) is 0 Å². The number of nitrogens with one attached hydrogen (secondary N) is 1. The van der Waals surface area contributed by atoms with Gasteiger partial charge in [-0.2, -0.15) is 0 Å². The van der Waals surface area contributed by atoms with Crippen LogP contribution in [-0.2, 0) is 11.3 Å². The van der Waals surface area contributed by atoms with Gasteiger partial charge in [0.05, 0.1) is 6.04 Å². The van der Waals surface area contributed by atoms with Crippen LogP contribution in [0.15, 0.2) is 24.3 Å². The number of nitrogens with two attached hydrogens (primary N) is 1. The second kappa shape index (κ2) is 6.57. The van der Waals surface area contributed by atoms with Gasteiger partial charge in [0, 0.05) is 30.2 Å². The summed E-state index contributed by atoms with van der Waals surface area (Å²) in [6, 6.07) is 7.78. The van der Waals surface area contributed by atoms with Crippen LogP contribution in [0.2, 0.25) is 5.02 Å². The zero-order valence-electron chi connectivity index (χ0n) is 12.0. The van der Waals surface area contributed by atoms with E-state index in [4.69, 9.17) is 17.3 Å². The summed E-state index contributed by atoms with van der Waals surface area (Å²) < 4.78 is 0. The van der Waals surface area contributed by atoms with Crippen LogP contribution in [0.25, 0.3) is 0 Å². The van der Waals surface area contributed by atoms with Crippen molar-refractivity contribution in [3.05, 3.63) is 34.9 Å². The average Bonchev–Trinajstić information content (AvgIpc) is 2.69. The molecule has 1 saturated heterocycles. The highest BCUT2D eigenvalue weighted by molar-refractivity contribution is 6.30. The van der Waals surface area contributed by atoms with Crippen molar-refractivity contribution in [3.63, 3.8) is 0 Å². The van der Waals surface area contributed by atoms with E-state index in [1.165, 1.54) is 0 Å². The standard InChI is InChI=1S/C15H22ClN3O/c1-10(2)18-15(20)14-7-13(17)9-19(14)8-11-4-3-5-12(16)6-11/h3-6,10,13-14H,7-9,17H2,1-2H3,(H,18,20)/t13-,14+/m1/s1. The topological polar surface area (TPSA) is 58.4 Å². The molecule has 3 N–H and O–H groups in total. The van der Waals surface area contributed by atoms with Crippen LogP contribution < -0.4 is 11.1 Å². The van der Waals surface area contributed by atoms with E-state index < -0.39 is 0 Å². The Labute approximate surface area is 125 Å². The van der Waals surface area contributed by atoms with Crippen LogP contribution in [0.3, 0.4) is 0 Å². The van der Waals surface area contributed by atoms with Crippen LogP contribution in [0.5, 0.6) is 0 Å². The Morgan fingerprint density at radius 1 is 1.55 bits per heavy atom. The van der Waals surface area contributed by atoms with Gasteiger partial charge in [0.2, 0.25) is 5.91 Å². The molecule has 4 nitrogen and oxygen atoms in total. The number of carbonyl (C=O) groups excluding carboxylic acids is 1. The number of nitrogens with zero attached hydrogens (tertiary/aromatic N) is 1. The molecule has 0 spiro atoms. The summed E-state index contributed by atoms with van der Waals surface area (Å²) in [6.45, 7) is 5.37. The maximum atomic E-state index is 12.2. The summed E-state index contributed by atoms with van der Waals surface area (Å²) in [4.78, 5) is 14.4. The number of carbonyl (C=O) groups is 1. The van der Waals surface area contributed by atoms with Gasteiger partial charge in [-0.25, -0.2) is 0 Å². The Balaban J connectivity index is 2.06. The Bertz CT molecular complexity index is 478. The van der Waals surface area contributed by atoms with Crippen LogP contribution in [-0.4, -0.2) is 35.5 Å². The molecule has 20 heavy (non-hydrogen) atoms. The van der Waals surface area contributed by atoms with Crippen molar-refractivity contribution in [2.45, 2.75) is 44.9 Å². The molecule has 0 aromatic heterocycles. The summed E-state index contributed by atoms with van der Waals surface area (Å²) in [6.07, 6.45) is 0.707. The number of rotatable bonds is 4. The number of hydrogen-bond donors (Lipinski definition) is 2. The lowest BCUT2D eigenvalue weighted by Crippen LogP contribution is -2.45. The minimum Gasteiger partial charge on any atom is -0.353 e. The fourth-order valence-electron chi connectivity index (χ4n) is 2.64. The molecule has 110 valence electrons. The number of hydrogen-bond acceptors (Lipinski definition) is 3. The maximum absolute atomic E-state index is 12.2. The molecule has 0 saturated carbocycles. The average molecular weight is 296 g/mol. The monoisotopic (exact) mass is 295 g/mol. The molecular formula is C15H22ClN3O. The quantitative estimate of drug-likeness (QED) is 0.890. The highest BCUT2D eigenvalue weighted by Gasteiger charge is 2.35. The lowest BCUT2D eigenvalue weighted by atomic mass is 10.1. The summed E-state index contributed by atoms with van der Waals surface area (Å²) in [7, 11) is 0. The van der Waals surface area contributed by atoms with Gasteiger partial charge >= 0.3 is 0 Å². The van der Waals surface area contributed by atoms with Gasteiger partial charge in [0.15, 0.2) is 0 Å². The lowest BCUT2D eigenvalue weighted by molar-refractivity contribution is -0.126. The lowest BCUT2D eigenvalue weighted by Gasteiger charge is -2.24. The molecule has 0 bridgehead atoms. The van der Waals surface area contributed by atoms with Crippen LogP contribution in [0.1, 0.15) is 25.8 Å². The van der Waals surface area contributed by atoms with Crippen molar-refractivity contribution in [2.75, 3.05) is 6.54 Å². The van der Waals surface area contributed by atoms with Crippen LogP contribution in [0, 0.1) is 0 Å². The minimum atomic E-state index is -0.147. The summed E-state index contributed by atoms with van der Waals surface area (Å²) in [5, 5.41) is 3.69. The smallest absolute Gasteiger partial charge is 0.237 e. The molecule has 1 fully saturated rings. The molecule has 2 rings (SSSR count). The number of benzene rings is 1. The number of likely N-dealkylation sites (tertiary alicyclic amines) is 1. The van der Waals surface area contributed by atoms with Gasteiger partial charge in [-0.05, 0) is 38.0 Å². The first-order valence-corrected chi connectivity index (χ1v) is 7.38. The van der Waals surface area contributed by atoms with Gasteiger partial charge in [-0.1, -0.05) is 23.7 Å². The molecule has 0 unspecified atom stereocenters. The molecule has 2 atom stereocenters. The molecule has 1 amide bonds. The van der Waals surface area contributed by atoms with Gasteiger partial charge in [-0.15, -0.1) is 0 Å². The molecule has 1 aliphatic rings. The van der Waals surface area contributed by atoms with Gasteiger partial charge in [0.1, 0.15) is 0 Å². The second-order valence-electron chi connectivity index (χ2n) is 5.73. The van der Waals surface area contributed by atoms with E-state index >= 15 is 0 Å². The highest BCUT2D eigenvalue weighted by atomic mass is 35.5.